The van der Waals surface area contributed by atoms with Gasteiger partial charge in [-0.25, -0.2) is 4.79 Å². The second-order valence-electron chi connectivity index (χ2n) is 8.34. The number of ether oxygens (including phenoxy) is 1. The lowest BCUT2D eigenvalue weighted by Crippen LogP contribution is -2.56. The molecule has 0 spiro atoms. The van der Waals surface area contributed by atoms with E-state index in [1.807, 2.05) is 11.0 Å². The Hall–Kier alpha value is -1.40. The summed E-state index contributed by atoms with van der Waals surface area (Å²) in [5.41, 5.74) is -0.127. The van der Waals surface area contributed by atoms with Crippen molar-refractivity contribution in [3.63, 3.8) is 0 Å². The molecule has 2 unspecified atom stereocenters. The van der Waals surface area contributed by atoms with Gasteiger partial charge < -0.3 is 9.16 Å². The van der Waals surface area contributed by atoms with Gasteiger partial charge in [0.15, 0.2) is 5.78 Å². The fraction of sp³-hybridized carbons (Fsp3) is 0.700. The summed E-state index contributed by atoms with van der Waals surface area (Å²) in [5.74, 6) is 0.00141. The fourth-order valence-corrected chi connectivity index (χ4v) is 3.91. The van der Waals surface area contributed by atoms with E-state index in [1.165, 1.54) is 0 Å². The lowest BCUT2D eigenvalue weighted by Gasteiger charge is -2.43. The molecule has 1 saturated heterocycles. The molecule has 2 atom stereocenters. The van der Waals surface area contributed by atoms with Gasteiger partial charge >= 0.3 is 6.09 Å². The van der Waals surface area contributed by atoms with Crippen molar-refractivity contribution in [3.05, 3.63) is 24.3 Å². The number of nitrogens with zero attached hydrogens (tertiary/aromatic N) is 1. The van der Waals surface area contributed by atoms with Gasteiger partial charge in [0.1, 0.15) is 6.61 Å². The number of allylic oxidation sites excluding steroid dienone is 1. The number of carbonyl (C=O) groups excluding carboxylic acids is 2. The van der Waals surface area contributed by atoms with Crippen molar-refractivity contribution in [3.8, 4) is 0 Å². The van der Waals surface area contributed by atoms with Crippen LogP contribution >= 0.6 is 0 Å². The molecule has 1 heterocycles. The second kappa shape index (κ2) is 9.00. The van der Waals surface area contributed by atoms with Gasteiger partial charge in [0.2, 0.25) is 9.04 Å². The number of carbonyl (C=O) groups is 2. The average Bonchev–Trinajstić information content (AvgIpc) is 2.90. The summed E-state index contributed by atoms with van der Waals surface area (Å²) >= 11 is 0. The van der Waals surface area contributed by atoms with Crippen LogP contribution in [0, 0.1) is 5.41 Å². The molecule has 0 aromatic carbocycles. The molecule has 6 heteroatoms. The van der Waals surface area contributed by atoms with Gasteiger partial charge in [-0.3, -0.25) is 9.69 Å². The number of ketones is 1. The lowest BCUT2D eigenvalue weighted by atomic mass is 9.85. The van der Waals surface area contributed by atoms with Crippen LogP contribution in [0.4, 0.5) is 4.79 Å². The van der Waals surface area contributed by atoms with E-state index in [2.05, 4.69) is 40.4 Å². The van der Waals surface area contributed by atoms with E-state index in [4.69, 9.17) is 9.16 Å². The Morgan fingerprint density at radius 1 is 1.31 bits per heavy atom. The van der Waals surface area contributed by atoms with E-state index < -0.39 is 14.6 Å². The Morgan fingerprint density at radius 3 is 2.38 bits per heavy atom. The zero-order chi connectivity index (χ0) is 20.1. The second-order valence-corrected chi connectivity index (χ2v) is 10.4. The number of hydrogen-bond acceptors (Lipinski definition) is 4. The van der Waals surface area contributed by atoms with Crippen LogP contribution in [0.25, 0.3) is 0 Å². The van der Waals surface area contributed by atoms with E-state index in [-0.39, 0.29) is 29.9 Å². The molecular weight excluding hydrogens is 346 g/mol. The molecule has 0 N–H and O–H groups in total. The van der Waals surface area contributed by atoms with Gasteiger partial charge in [0.05, 0.1) is 12.1 Å². The zero-order valence-electron chi connectivity index (χ0n) is 17.3. The van der Waals surface area contributed by atoms with Crippen LogP contribution in [0.5, 0.6) is 0 Å². The molecule has 147 valence electrons. The molecule has 5 nitrogen and oxygen atoms in total. The first-order valence-electron chi connectivity index (χ1n) is 9.15. The molecule has 1 rings (SSSR count). The summed E-state index contributed by atoms with van der Waals surface area (Å²) in [7, 11) is -0.941. The normalized spacial score (nSPS) is 24.1. The largest absolute Gasteiger partial charge is 0.445 e. The van der Waals surface area contributed by atoms with Crippen LogP contribution in [0.3, 0.4) is 0 Å². The van der Waals surface area contributed by atoms with Gasteiger partial charge in [-0.1, -0.05) is 39.5 Å². The molecule has 1 radical (unpaired) electrons. The van der Waals surface area contributed by atoms with Gasteiger partial charge in [-0.05, 0) is 50.8 Å². The molecule has 1 aliphatic heterocycles. The van der Waals surface area contributed by atoms with Crippen molar-refractivity contribution < 1.29 is 18.8 Å². The maximum absolute atomic E-state index is 13.0. The molecule has 0 saturated carbocycles. The highest BCUT2D eigenvalue weighted by molar-refractivity contribution is 6.48. The third kappa shape index (κ3) is 5.55. The minimum atomic E-state index is -0.941. The topological polar surface area (TPSA) is 55.8 Å². The Labute approximate surface area is 160 Å². The minimum absolute atomic E-state index is 0.00141. The SMILES string of the molecule is C=CCOC(=O)N1C(C(C)(C)C)CCC1(C=C(C)C(C)=O)CO[Si](C)C. The summed E-state index contributed by atoms with van der Waals surface area (Å²) in [4.78, 5) is 26.7. The van der Waals surface area contributed by atoms with E-state index >= 15 is 0 Å². The van der Waals surface area contributed by atoms with Crippen LogP contribution in [0.1, 0.15) is 47.5 Å². The van der Waals surface area contributed by atoms with Crippen molar-refractivity contribution in [2.45, 2.75) is 72.1 Å². The maximum atomic E-state index is 13.0. The van der Waals surface area contributed by atoms with Crippen LogP contribution < -0.4 is 0 Å². The van der Waals surface area contributed by atoms with Crippen LogP contribution in [-0.2, 0) is 14.0 Å². The van der Waals surface area contributed by atoms with Crippen molar-refractivity contribution in [1.82, 2.24) is 4.90 Å². The first kappa shape index (κ1) is 22.6. The molecule has 1 amide bonds. The number of Topliss-reactive ketones (excluding diaryl/α,β-unsaturated/α-hetero) is 1. The highest BCUT2D eigenvalue weighted by Crippen LogP contribution is 2.44. The van der Waals surface area contributed by atoms with Gasteiger partial charge in [-0.2, -0.15) is 0 Å². The molecule has 0 aromatic heterocycles. The van der Waals surface area contributed by atoms with Gasteiger partial charge in [0.25, 0.3) is 0 Å². The Bertz CT molecular complexity index is 565. The van der Waals surface area contributed by atoms with E-state index in [9.17, 15) is 9.59 Å². The van der Waals surface area contributed by atoms with E-state index in [0.29, 0.717) is 12.2 Å². The standard InChI is InChI=1S/C20H34NO4Si/c1-9-12-24-18(23)21-17(19(4,5)6)10-11-20(21,14-25-26(7)8)13-15(2)16(3)22/h9,13,17H,1,10-12,14H2,2-8H3. The minimum Gasteiger partial charge on any atom is -0.445 e. The Kier molecular flexibility index (Phi) is 7.83. The zero-order valence-corrected chi connectivity index (χ0v) is 18.3. The summed E-state index contributed by atoms with van der Waals surface area (Å²) in [6, 6.07) is 0.00353. The van der Waals surface area contributed by atoms with Crippen LogP contribution in [0.2, 0.25) is 13.1 Å². The van der Waals surface area contributed by atoms with Gasteiger partial charge in [-0.15, -0.1) is 0 Å². The fourth-order valence-electron chi connectivity index (χ4n) is 3.37. The maximum Gasteiger partial charge on any atom is 0.411 e. The van der Waals surface area contributed by atoms with E-state index in [0.717, 1.165) is 12.8 Å². The van der Waals surface area contributed by atoms with Crippen molar-refractivity contribution in [1.29, 1.82) is 0 Å². The summed E-state index contributed by atoms with van der Waals surface area (Å²) < 4.78 is 11.4. The molecule has 0 bridgehead atoms. The first-order valence-corrected chi connectivity index (χ1v) is 11.6. The molecule has 0 aliphatic carbocycles. The van der Waals surface area contributed by atoms with Crippen molar-refractivity contribution in [2.75, 3.05) is 13.2 Å². The smallest absolute Gasteiger partial charge is 0.411 e. The predicted octanol–water partition coefficient (Wildman–Crippen LogP) is 4.36. The summed E-state index contributed by atoms with van der Waals surface area (Å²) in [6.07, 6.45) is 4.69. The third-order valence-electron chi connectivity index (χ3n) is 4.81. The highest BCUT2D eigenvalue weighted by Gasteiger charge is 2.52. The number of amides is 1. The molecule has 0 aromatic rings. The number of likely N-dealkylation sites (tertiary alicyclic amines) is 1. The summed E-state index contributed by atoms with van der Waals surface area (Å²) in [6.45, 7) is 18.0. The van der Waals surface area contributed by atoms with Gasteiger partial charge in [0, 0.05) is 6.04 Å². The number of rotatable bonds is 7. The highest BCUT2D eigenvalue weighted by atomic mass is 28.3. The molecular formula is C20H34NO4Si. The Balaban J connectivity index is 3.40. The third-order valence-corrected chi connectivity index (χ3v) is 5.54. The number of hydrogen-bond donors (Lipinski definition) is 0. The quantitative estimate of drug-likeness (QED) is 0.374. The lowest BCUT2D eigenvalue weighted by molar-refractivity contribution is -0.113. The Morgan fingerprint density at radius 2 is 1.92 bits per heavy atom. The van der Waals surface area contributed by atoms with Crippen LogP contribution in [0.15, 0.2) is 24.3 Å². The molecule has 1 aliphatic rings. The predicted molar refractivity (Wildman–Crippen MR) is 106 cm³/mol. The monoisotopic (exact) mass is 380 g/mol. The summed E-state index contributed by atoms with van der Waals surface area (Å²) in [5, 5.41) is 0. The molecule has 1 fully saturated rings. The van der Waals surface area contributed by atoms with E-state index in [1.54, 1.807) is 19.9 Å². The molecule has 26 heavy (non-hydrogen) atoms. The first-order chi connectivity index (χ1) is 11.9. The average molecular weight is 381 g/mol. The van der Waals surface area contributed by atoms with Crippen molar-refractivity contribution in [2.24, 2.45) is 5.41 Å². The van der Waals surface area contributed by atoms with Crippen LogP contribution in [-0.4, -0.2) is 50.6 Å². The van der Waals surface area contributed by atoms with Crippen molar-refractivity contribution >= 4 is 20.9 Å².